The topological polar surface area (TPSA) is 70.7 Å². The van der Waals surface area contributed by atoms with Crippen LogP contribution in [0.5, 0.6) is 0 Å². The standard InChI is InChI=1S/C13H18N4O/c14-6-8-16-13(18)11-2-4-12(5-3-11)17-9-1-7-15-10-17/h2-5,10H,1,6-9,14H2,(H,16,18). The average Bonchev–Trinajstić information content (AvgIpc) is 2.46. The van der Waals surface area contributed by atoms with E-state index >= 15 is 0 Å². The zero-order chi connectivity index (χ0) is 12.8. The molecule has 1 heterocycles. The smallest absolute Gasteiger partial charge is 0.251 e. The second-order valence-corrected chi connectivity index (χ2v) is 4.16. The van der Waals surface area contributed by atoms with Crippen LogP contribution < -0.4 is 16.0 Å². The van der Waals surface area contributed by atoms with Crippen molar-refractivity contribution in [3.05, 3.63) is 29.8 Å². The number of rotatable bonds is 4. The Balaban J connectivity index is 2.02. The molecular weight excluding hydrogens is 228 g/mol. The Labute approximate surface area is 107 Å². The van der Waals surface area contributed by atoms with Gasteiger partial charge in [-0.05, 0) is 30.7 Å². The van der Waals surface area contributed by atoms with E-state index in [0.29, 0.717) is 18.7 Å². The first-order valence-corrected chi connectivity index (χ1v) is 6.16. The fraction of sp³-hybridized carbons (Fsp3) is 0.385. The zero-order valence-corrected chi connectivity index (χ0v) is 10.3. The van der Waals surface area contributed by atoms with E-state index in [9.17, 15) is 4.79 Å². The first-order valence-electron chi connectivity index (χ1n) is 6.16. The van der Waals surface area contributed by atoms with Crippen molar-refractivity contribution < 1.29 is 4.79 Å². The molecule has 0 spiro atoms. The zero-order valence-electron chi connectivity index (χ0n) is 10.3. The molecule has 96 valence electrons. The van der Waals surface area contributed by atoms with Gasteiger partial charge in [0.05, 0.1) is 6.34 Å². The maximum Gasteiger partial charge on any atom is 0.251 e. The van der Waals surface area contributed by atoms with Crippen molar-refractivity contribution in [2.75, 3.05) is 31.1 Å². The lowest BCUT2D eigenvalue weighted by molar-refractivity contribution is 0.0955. The van der Waals surface area contributed by atoms with Crippen molar-refractivity contribution in [3.63, 3.8) is 0 Å². The lowest BCUT2D eigenvalue weighted by Crippen LogP contribution is -2.29. The van der Waals surface area contributed by atoms with Gasteiger partial charge in [-0.3, -0.25) is 9.79 Å². The van der Waals surface area contributed by atoms with Gasteiger partial charge in [-0.15, -0.1) is 0 Å². The van der Waals surface area contributed by atoms with E-state index in [1.165, 1.54) is 0 Å². The van der Waals surface area contributed by atoms with Gasteiger partial charge in [0.1, 0.15) is 0 Å². The van der Waals surface area contributed by atoms with Gasteiger partial charge in [-0.1, -0.05) is 0 Å². The van der Waals surface area contributed by atoms with Crippen LogP contribution in [-0.2, 0) is 0 Å². The quantitative estimate of drug-likeness (QED) is 0.818. The number of anilines is 1. The molecule has 5 heteroatoms. The fourth-order valence-electron chi connectivity index (χ4n) is 1.83. The Kier molecular flexibility index (Phi) is 4.30. The Morgan fingerprint density at radius 1 is 1.39 bits per heavy atom. The fourth-order valence-corrected chi connectivity index (χ4v) is 1.83. The number of hydrogen-bond donors (Lipinski definition) is 2. The lowest BCUT2D eigenvalue weighted by Gasteiger charge is -2.22. The lowest BCUT2D eigenvalue weighted by atomic mass is 10.1. The van der Waals surface area contributed by atoms with Crippen molar-refractivity contribution >= 4 is 17.9 Å². The number of nitrogens with two attached hydrogens (primary N) is 1. The number of hydrogen-bond acceptors (Lipinski definition) is 4. The molecule has 1 aromatic carbocycles. The minimum atomic E-state index is -0.0840. The van der Waals surface area contributed by atoms with Crippen LogP contribution in [0.15, 0.2) is 29.3 Å². The van der Waals surface area contributed by atoms with Crippen LogP contribution in [0, 0.1) is 0 Å². The van der Waals surface area contributed by atoms with E-state index in [1.807, 2.05) is 30.6 Å². The summed E-state index contributed by atoms with van der Waals surface area (Å²) in [5.41, 5.74) is 7.06. The average molecular weight is 246 g/mol. The van der Waals surface area contributed by atoms with Gasteiger partial charge in [0.15, 0.2) is 0 Å². The number of carbonyl (C=O) groups excluding carboxylic acids is 1. The van der Waals surface area contributed by atoms with E-state index in [4.69, 9.17) is 5.73 Å². The van der Waals surface area contributed by atoms with E-state index in [1.54, 1.807) is 0 Å². The monoisotopic (exact) mass is 246 g/mol. The molecule has 0 aliphatic carbocycles. The van der Waals surface area contributed by atoms with Gasteiger partial charge < -0.3 is 16.0 Å². The molecule has 0 saturated heterocycles. The number of carbonyl (C=O) groups is 1. The number of benzene rings is 1. The molecule has 0 unspecified atom stereocenters. The summed E-state index contributed by atoms with van der Waals surface area (Å²) >= 11 is 0. The highest BCUT2D eigenvalue weighted by atomic mass is 16.1. The summed E-state index contributed by atoms with van der Waals surface area (Å²) in [6.07, 6.45) is 2.92. The molecule has 18 heavy (non-hydrogen) atoms. The van der Waals surface area contributed by atoms with Crippen LogP contribution in [0.2, 0.25) is 0 Å². The van der Waals surface area contributed by atoms with Crippen LogP contribution in [0.25, 0.3) is 0 Å². The van der Waals surface area contributed by atoms with Crippen LogP contribution >= 0.6 is 0 Å². The molecule has 0 aromatic heterocycles. The third-order valence-corrected chi connectivity index (χ3v) is 2.80. The number of nitrogens with one attached hydrogen (secondary N) is 1. The molecule has 0 atom stereocenters. The molecule has 1 aromatic rings. The summed E-state index contributed by atoms with van der Waals surface area (Å²) in [7, 11) is 0. The molecular formula is C13H18N4O. The largest absolute Gasteiger partial charge is 0.351 e. The van der Waals surface area contributed by atoms with Crippen molar-refractivity contribution in [2.24, 2.45) is 10.7 Å². The van der Waals surface area contributed by atoms with Crippen LogP contribution in [0.1, 0.15) is 16.8 Å². The Morgan fingerprint density at radius 3 is 2.78 bits per heavy atom. The second kappa shape index (κ2) is 6.16. The van der Waals surface area contributed by atoms with Crippen molar-refractivity contribution in [3.8, 4) is 0 Å². The first-order chi connectivity index (χ1) is 8.81. The number of nitrogens with zero attached hydrogens (tertiary/aromatic N) is 2. The van der Waals surface area contributed by atoms with Gasteiger partial charge in [-0.2, -0.15) is 0 Å². The predicted octanol–water partition coefficient (Wildman–Crippen LogP) is 0.614. The van der Waals surface area contributed by atoms with Crippen molar-refractivity contribution in [1.29, 1.82) is 0 Å². The molecule has 5 nitrogen and oxygen atoms in total. The van der Waals surface area contributed by atoms with E-state index in [-0.39, 0.29) is 5.91 Å². The maximum atomic E-state index is 11.7. The minimum Gasteiger partial charge on any atom is -0.351 e. The third kappa shape index (κ3) is 3.07. The summed E-state index contributed by atoms with van der Waals surface area (Å²) in [4.78, 5) is 18.0. The van der Waals surface area contributed by atoms with Gasteiger partial charge in [0, 0.05) is 37.4 Å². The Hall–Kier alpha value is -1.88. The van der Waals surface area contributed by atoms with E-state index in [0.717, 1.165) is 25.2 Å². The normalized spacial score (nSPS) is 14.6. The molecule has 1 amide bonds. The number of aliphatic imine (C=N–C) groups is 1. The van der Waals surface area contributed by atoms with Crippen molar-refractivity contribution in [1.82, 2.24) is 5.32 Å². The highest BCUT2D eigenvalue weighted by Crippen LogP contribution is 2.15. The van der Waals surface area contributed by atoms with Gasteiger partial charge in [-0.25, -0.2) is 0 Å². The predicted molar refractivity (Wildman–Crippen MR) is 73.2 cm³/mol. The molecule has 3 N–H and O–H groups in total. The molecule has 0 saturated carbocycles. The number of amides is 1. The summed E-state index contributed by atoms with van der Waals surface area (Å²) in [6.45, 7) is 2.83. The maximum absolute atomic E-state index is 11.7. The van der Waals surface area contributed by atoms with Gasteiger partial charge in [0.25, 0.3) is 5.91 Å². The first kappa shape index (κ1) is 12.6. The minimum absolute atomic E-state index is 0.0840. The Bertz CT molecular complexity index is 427. The highest BCUT2D eigenvalue weighted by molar-refractivity contribution is 5.94. The molecule has 0 radical (unpaired) electrons. The third-order valence-electron chi connectivity index (χ3n) is 2.80. The molecule has 1 aliphatic heterocycles. The molecule has 0 fully saturated rings. The van der Waals surface area contributed by atoms with Gasteiger partial charge in [0.2, 0.25) is 0 Å². The van der Waals surface area contributed by atoms with Gasteiger partial charge >= 0.3 is 0 Å². The Morgan fingerprint density at radius 2 is 2.17 bits per heavy atom. The van der Waals surface area contributed by atoms with E-state index in [2.05, 4.69) is 15.2 Å². The molecule has 1 aliphatic rings. The molecule has 2 rings (SSSR count). The van der Waals surface area contributed by atoms with Crippen LogP contribution in [0.4, 0.5) is 5.69 Å². The highest BCUT2D eigenvalue weighted by Gasteiger charge is 2.09. The molecule has 0 bridgehead atoms. The second-order valence-electron chi connectivity index (χ2n) is 4.16. The summed E-state index contributed by atoms with van der Waals surface area (Å²) in [6, 6.07) is 7.52. The van der Waals surface area contributed by atoms with E-state index < -0.39 is 0 Å². The SMILES string of the molecule is NCCNC(=O)c1ccc(N2C=NCCC2)cc1. The summed E-state index contributed by atoms with van der Waals surface area (Å²) < 4.78 is 0. The summed E-state index contributed by atoms with van der Waals surface area (Å²) in [5.74, 6) is -0.0840. The van der Waals surface area contributed by atoms with Crippen LogP contribution in [-0.4, -0.2) is 38.4 Å². The summed E-state index contributed by atoms with van der Waals surface area (Å²) in [5, 5.41) is 2.74. The van der Waals surface area contributed by atoms with Crippen LogP contribution in [0.3, 0.4) is 0 Å². The van der Waals surface area contributed by atoms with Crippen molar-refractivity contribution in [2.45, 2.75) is 6.42 Å².